The molecule has 0 radical (unpaired) electrons. The summed E-state index contributed by atoms with van der Waals surface area (Å²) in [6.45, 7) is 2.12. The topological polar surface area (TPSA) is 36.7 Å². The van der Waals surface area contributed by atoms with Crippen LogP contribution in [0.1, 0.15) is 23.1 Å². The normalized spacial score (nSPS) is 11.3. The van der Waals surface area contributed by atoms with E-state index in [9.17, 15) is 5.26 Å². The number of aryl methyl sites for hydroxylation is 1. The monoisotopic (exact) mass is 350 g/mol. The Hall–Kier alpha value is -2.41. The number of rotatable bonds is 4. The summed E-state index contributed by atoms with van der Waals surface area (Å²) >= 11 is 7.39. The van der Waals surface area contributed by atoms with Crippen molar-refractivity contribution >= 4 is 34.6 Å². The average molecular weight is 351 g/mol. The molecule has 2 nitrogen and oxygen atoms in total. The molecule has 0 aliphatic carbocycles. The average Bonchev–Trinajstić information content (AvgIpc) is 3.10. The van der Waals surface area contributed by atoms with Crippen LogP contribution in [0.4, 0.5) is 0 Å². The van der Waals surface area contributed by atoms with E-state index >= 15 is 0 Å². The number of aromatic nitrogens is 1. The first-order valence-electron chi connectivity index (χ1n) is 7.62. The molecular formula is C20H15ClN2S. The van der Waals surface area contributed by atoms with Crippen LogP contribution in [0.3, 0.4) is 0 Å². The molecule has 1 aromatic heterocycles. The molecule has 0 saturated heterocycles. The van der Waals surface area contributed by atoms with E-state index in [0.717, 1.165) is 28.2 Å². The molecule has 0 amide bonds. The molecule has 0 saturated carbocycles. The molecule has 0 atom stereocenters. The Morgan fingerprint density at radius 3 is 2.50 bits per heavy atom. The van der Waals surface area contributed by atoms with Gasteiger partial charge in [0.2, 0.25) is 0 Å². The minimum absolute atomic E-state index is 0.574. The van der Waals surface area contributed by atoms with Gasteiger partial charge < -0.3 is 0 Å². The Labute approximate surface area is 150 Å². The molecule has 1 heterocycles. The van der Waals surface area contributed by atoms with E-state index in [1.807, 2.05) is 47.9 Å². The van der Waals surface area contributed by atoms with Crippen molar-refractivity contribution in [1.82, 2.24) is 4.98 Å². The zero-order valence-corrected chi connectivity index (χ0v) is 14.7. The molecule has 3 rings (SSSR count). The molecule has 0 fully saturated rings. The number of benzene rings is 2. The Kier molecular flexibility index (Phi) is 5.10. The number of allylic oxidation sites excluding steroid dienone is 1. The molecule has 0 aliphatic heterocycles. The van der Waals surface area contributed by atoms with Crippen molar-refractivity contribution < 1.29 is 0 Å². The number of nitrogens with zero attached hydrogens (tertiary/aromatic N) is 2. The summed E-state index contributed by atoms with van der Waals surface area (Å²) in [6.07, 6.45) is 2.88. The largest absolute Gasteiger partial charge is 0.235 e. The number of hydrogen-bond donors (Lipinski definition) is 0. The van der Waals surface area contributed by atoms with Crippen molar-refractivity contribution in [1.29, 1.82) is 5.26 Å². The molecular weight excluding hydrogens is 336 g/mol. The van der Waals surface area contributed by atoms with Crippen LogP contribution in [0.15, 0.2) is 53.9 Å². The molecule has 4 heteroatoms. The van der Waals surface area contributed by atoms with Crippen LogP contribution in [0.5, 0.6) is 0 Å². The summed E-state index contributed by atoms with van der Waals surface area (Å²) in [6, 6.07) is 18.0. The first-order valence-corrected chi connectivity index (χ1v) is 8.88. The van der Waals surface area contributed by atoms with Crippen molar-refractivity contribution in [3.63, 3.8) is 0 Å². The minimum atomic E-state index is 0.574. The van der Waals surface area contributed by atoms with Crippen LogP contribution < -0.4 is 0 Å². The molecule has 3 aromatic rings. The third-order valence-electron chi connectivity index (χ3n) is 3.69. The van der Waals surface area contributed by atoms with Gasteiger partial charge in [0, 0.05) is 16.0 Å². The molecule has 0 spiro atoms. The molecule has 0 N–H and O–H groups in total. The molecule has 0 unspecified atom stereocenters. The van der Waals surface area contributed by atoms with E-state index in [4.69, 9.17) is 11.6 Å². The van der Waals surface area contributed by atoms with Crippen molar-refractivity contribution in [2.24, 2.45) is 0 Å². The van der Waals surface area contributed by atoms with Gasteiger partial charge in [0.15, 0.2) is 0 Å². The van der Waals surface area contributed by atoms with Gasteiger partial charge in [0.1, 0.15) is 11.1 Å². The molecule has 2 aromatic carbocycles. The Morgan fingerprint density at radius 1 is 1.17 bits per heavy atom. The highest BCUT2D eigenvalue weighted by Crippen LogP contribution is 2.28. The fourth-order valence-corrected chi connectivity index (χ4v) is 3.23. The number of thiazole rings is 1. The molecule has 0 aliphatic rings. The predicted molar refractivity (Wildman–Crippen MR) is 102 cm³/mol. The molecule has 118 valence electrons. The Balaban J connectivity index is 1.90. The fourth-order valence-electron chi connectivity index (χ4n) is 2.31. The van der Waals surface area contributed by atoms with Crippen molar-refractivity contribution in [3.8, 4) is 17.3 Å². The van der Waals surface area contributed by atoms with Gasteiger partial charge in [-0.05, 0) is 35.8 Å². The summed E-state index contributed by atoms with van der Waals surface area (Å²) in [5.41, 5.74) is 4.71. The lowest BCUT2D eigenvalue weighted by Gasteiger charge is -1.99. The summed E-state index contributed by atoms with van der Waals surface area (Å²) in [4.78, 5) is 4.60. The van der Waals surface area contributed by atoms with E-state index in [2.05, 4.69) is 30.1 Å². The van der Waals surface area contributed by atoms with Gasteiger partial charge in [0.05, 0.1) is 11.3 Å². The zero-order chi connectivity index (χ0) is 16.9. The van der Waals surface area contributed by atoms with E-state index in [1.54, 1.807) is 0 Å². The second kappa shape index (κ2) is 7.44. The second-order valence-corrected chi connectivity index (χ2v) is 6.60. The maximum atomic E-state index is 9.49. The van der Waals surface area contributed by atoms with Crippen LogP contribution in [-0.4, -0.2) is 4.98 Å². The molecule has 0 bridgehead atoms. The first kappa shape index (κ1) is 16.4. The fraction of sp³-hybridized carbons (Fsp3) is 0.100. The highest BCUT2D eigenvalue weighted by molar-refractivity contribution is 7.11. The molecule has 24 heavy (non-hydrogen) atoms. The number of halogens is 1. The third kappa shape index (κ3) is 3.73. The lowest BCUT2D eigenvalue weighted by Crippen LogP contribution is -1.84. The van der Waals surface area contributed by atoms with Crippen molar-refractivity contribution in [2.75, 3.05) is 0 Å². The van der Waals surface area contributed by atoms with Gasteiger partial charge in [-0.3, -0.25) is 0 Å². The quantitative estimate of drug-likeness (QED) is 0.534. The first-order chi connectivity index (χ1) is 11.7. The van der Waals surface area contributed by atoms with E-state index in [-0.39, 0.29) is 0 Å². The SMILES string of the molecule is CCc1ccc(C=C(C#N)c2nc(-c3ccc(Cl)cc3)cs2)cc1. The van der Waals surface area contributed by atoms with Crippen molar-refractivity contribution in [2.45, 2.75) is 13.3 Å². The third-order valence-corrected chi connectivity index (χ3v) is 4.82. The van der Waals surface area contributed by atoms with Crippen molar-refractivity contribution in [3.05, 3.63) is 75.1 Å². The second-order valence-electron chi connectivity index (χ2n) is 5.31. The predicted octanol–water partition coefficient (Wildman–Crippen LogP) is 6.09. The van der Waals surface area contributed by atoms with Crippen LogP contribution >= 0.6 is 22.9 Å². The van der Waals surface area contributed by atoms with Crippen LogP contribution in [0.25, 0.3) is 22.9 Å². The lowest BCUT2D eigenvalue weighted by atomic mass is 10.1. The van der Waals surface area contributed by atoms with Gasteiger partial charge in [-0.2, -0.15) is 5.26 Å². The van der Waals surface area contributed by atoms with E-state index in [0.29, 0.717) is 10.6 Å². The standard InChI is InChI=1S/C20H15ClN2S/c1-2-14-3-5-15(6-4-14)11-17(12-22)20-23-19(13-24-20)16-7-9-18(21)10-8-16/h3-11,13H,2H2,1H3. The maximum Gasteiger partial charge on any atom is 0.134 e. The lowest BCUT2D eigenvalue weighted by molar-refractivity contribution is 1.14. The highest BCUT2D eigenvalue weighted by atomic mass is 35.5. The Bertz CT molecular complexity index is 900. The summed E-state index contributed by atoms with van der Waals surface area (Å²) < 4.78 is 0. The zero-order valence-electron chi connectivity index (χ0n) is 13.2. The number of hydrogen-bond acceptors (Lipinski definition) is 3. The summed E-state index contributed by atoms with van der Waals surface area (Å²) in [5, 5.41) is 12.9. The van der Waals surface area contributed by atoms with Gasteiger partial charge in [-0.15, -0.1) is 11.3 Å². The van der Waals surface area contributed by atoms with E-state index in [1.165, 1.54) is 16.9 Å². The van der Waals surface area contributed by atoms with E-state index < -0.39 is 0 Å². The minimum Gasteiger partial charge on any atom is -0.235 e. The summed E-state index contributed by atoms with van der Waals surface area (Å²) in [7, 11) is 0. The number of nitriles is 1. The highest BCUT2D eigenvalue weighted by Gasteiger charge is 2.09. The van der Waals surface area contributed by atoms with Gasteiger partial charge in [0.25, 0.3) is 0 Å². The van der Waals surface area contributed by atoms with Crippen LogP contribution in [0, 0.1) is 11.3 Å². The summed E-state index contributed by atoms with van der Waals surface area (Å²) in [5.74, 6) is 0. The maximum absolute atomic E-state index is 9.49. The Morgan fingerprint density at radius 2 is 1.88 bits per heavy atom. The van der Waals surface area contributed by atoms with Gasteiger partial charge in [-0.25, -0.2) is 4.98 Å². The van der Waals surface area contributed by atoms with Gasteiger partial charge >= 0.3 is 0 Å². The van der Waals surface area contributed by atoms with Crippen LogP contribution in [0.2, 0.25) is 5.02 Å². The van der Waals surface area contributed by atoms with Gasteiger partial charge in [-0.1, -0.05) is 54.9 Å². The smallest absolute Gasteiger partial charge is 0.134 e. The van der Waals surface area contributed by atoms with Crippen LogP contribution in [-0.2, 0) is 6.42 Å².